The van der Waals surface area contributed by atoms with Gasteiger partial charge in [-0.1, -0.05) is 0 Å². The zero-order valence-electron chi connectivity index (χ0n) is 11.7. The van der Waals surface area contributed by atoms with E-state index in [-0.39, 0.29) is 6.61 Å². The summed E-state index contributed by atoms with van der Waals surface area (Å²) in [6.45, 7) is 0.439. The molecular formula is C15H14N6O. The minimum absolute atomic E-state index is 0.0197. The second kappa shape index (κ2) is 4.81. The first-order chi connectivity index (χ1) is 10.8. The number of nitrogens with zero attached hydrogens (tertiary/aromatic N) is 5. The number of hydrogen-bond donors (Lipinski definition) is 2. The molecule has 110 valence electrons. The van der Waals surface area contributed by atoms with Gasteiger partial charge in [-0.2, -0.15) is 10.2 Å². The van der Waals surface area contributed by atoms with Crippen LogP contribution < -0.4 is 5.73 Å². The summed E-state index contributed by atoms with van der Waals surface area (Å²) in [5, 5.41) is 19.4. The predicted octanol–water partition coefficient (Wildman–Crippen LogP) is 1.34. The van der Waals surface area contributed by atoms with Crippen molar-refractivity contribution in [2.24, 2.45) is 0 Å². The summed E-state index contributed by atoms with van der Waals surface area (Å²) in [6, 6.07) is 7.76. The van der Waals surface area contributed by atoms with E-state index in [1.54, 1.807) is 21.8 Å². The molecule has 0 atom stereocenters. The molecule has 7 nitrogen and oxygen atoms in total. The molecule has 3 aromatic heterocycles. The molecule has 0 saturated carbocycles. The Kier molecular flexibility index (Phi) is 2.80. The summed E-state index contributed by atoms with van der Waals surface area (Å²) in [5.74, 6) is 0.435. The lowest BCUT2D eigenvalue weighted by atomic mass is 10.1. The first-order valence-corrected chi connectivity index (χ1v) is 6.93. The third-order valence-corrected chi connectivity index (χ3v) is 3.67. The normalized spacial score (nSPS) is 11.5. The molecule has 0 aliphatic rings. The Balaban J connectivity index is 2.02. The molecule has 0 unspecified atom stereocenters. The molecule has 3 heterocycles. The molecule has 0 radical (unpaired) electrons. The van der Waals surface area contributed by atoms with Crippen molar-refractivity contribution in [3.05, 3.63) is 42.9 Å². The van der Waals surface area contributed by atoms with E-state index in [4.69, 9.17) is 5.73 Å². The number of aromatic nitrogens is 5. The summed E-state index contributed by atoms with van der Waals surface area (Å²) < 4.78 is 3.52. The number of rotatable bonds is 3. The second-order valence-corrected chi connectivity index (χ2v) is 5.00. The fourth-order valence-electron chi connectivity index (χ4n) is 2.69. The number of anilines is 1. The summed E-state index contributed by atoms with van der Waals surface area (Å²) in [5.41, 5.74) is 8.63. The van der Waals surface area contributed by atoms with Crippen molar-refractivity contribution < 1.29 is 5.11 Å². The molecule has 0 aliphatic carbocycles. The number of aliphatic hydroxyl groups excluding tert-OH is 1. The Morgan fingerprint density at radius 2 is 2.09 bits per heavy atom. The van der Waals surface area contributed by atoms with Crippen LogP contribution in [-0.4, -0.2) is 36.3 Å². The molecule has 7 heteroatoms. The number of aliphatic hydroxyl groups is 1. The number of nitrogens with two attached hydrogens (primary N) is 1. The highest BCUT2D eigenvalue weighted by Crippen LogP contribution is 2.29. The van der Waals surface area contributed by atoms with Gasteiger partial charge >= 0.3 is 0 Å². The van der Waals surface area contributed by atoms with Crippen LogP contribution in [0.2, 0.25) is 0 Å². The highest BCUT2D eigenvalue weighted by molar-refractivity contribution is 6.08. The quantitative estimate of drug-likeness (QED) is 0.594. The van der Waals surface area contributed by atoms with Gasteiger partial charge in [0, 0.05) is 17.8 Å². The monoisotopic (exact) mass is 294 g/mol. The average molecular weight is 294 g/mol. The summed E-state index contributed by atoms with van der Waals surface area (Å²) in [6.07, 6.45) is 5.29. The van der Waals surface area contributed by atoms with Crippen molar-refractivity contribution in [2.75, 3.05) is 12.3 Å². The van der Waals surface area contributed by atoms with Gasteiger partial charge in [0.2, 0.25) is 0 Å². The number of pyridine rings is 1. The molecule has 0 bridgehead atoms. The molecule has 4 rings (SSSR count). The van der Waals surface area contributed by atoms with Gasteiger partial charge in [-0.05, 0) is 24.3 Å². The van der Waals surface area contributed by atoms with Gasteiger partial charge in [0.25, 0.3) is 0 Å². The van der Waals surface area contributed by atoms with Gasteiger partial charge in [-0.25, -0.2) is 9.67 Å². The first-order valence-electron chi connectivity index (χ1n) is 6.93. The lowest BCUT2D eigenvalue weighted by molar-refractivity contribution is 0.272. The van der Waals surface area contributed by atoms with Gasteiger partial charge in [0.05, 0.1) is 41.5 Å². The molecular weight excluding hydrogens is 280 g/mol. The van der Waals surface area contributed by atoms with Gasteiger partial charge in [0.1, 0.15) is 5.82 Å². The topological polar surface area (TPSA) is 94.8 Å². The third kappa shape index (κ3) is 1.83. The highest BCUT2D eigenvalue weighted by atomic mass is 16.3. The molecule has 0 spiro atoms. The van der Waals surface area contributed by atoms with E-state index in [0.29, 0.717) is 12.4 Å². The molecule has 3 N–H and O–H groups in total. The smallest absolute Gasteiger partial charge is 0.135 e. The zero-order valence-corrected chi connectivity index (χ0v) is 11.7. The van der Waals surface area contributed by atoms with Gasteiger partial charge in [-0.15, -0.1) is 0 Å². The average Bonchev–Trinajstić information content (AvgIpc) is 3.17. The fraction of sp³-hybridized carbons (Fsp3) is 0.133. The van der Waals surface area contributed by atoms with E-state index < -0.39 is 0 Å². The van der Waals surface area contributed by atoms with Crippen LogP contribution in [0.5, 0.6) is 0 Å². The Labute approximate surface area is 125 Å². The molecule has 1 aromatic carbocycles. The van der Waals surface area contributed by atoms with Crippen LogP contribution in [0.25, 0.3) is 27.5 Å². The predicted molar refractivity (Wildman–Crippen MR) is 83.7 cm³/mol. The Bertz CT molecular complexity index is 957. The number of fused-ring (bicyclic) bond motifs is 3. The third-order valence-electron chi connectivity index (χ3n) is 3.67. The number of hydrogen-bond acceptors (Lipinski definition) is 5. The molecule has 0 aliphatic heterocycles. The van der Waals surface area contributed by atoms with E-state index >= 15 is 0 Å². The Morgan fingerprint density at radius 3 is 2.86 bits per heavy atom. The summed E-state index contributed by atoms with van der Waals surface area (Å²) in [4.78, 5) is 4.47. The highest BCUT2D eigenvalue weighted by Gasteiger charge is 2.12. The maximum absolute atomic E-state index is 9.19. The van der Waals surface area contributed by atoms with Gasteiger partial charge in [-0.3, -0.25) is 4.68 Å². The lowest BCUT2D eigenvalue weighted by Gasteiger charge is -2.08. The fourth-order valence-corrected chi connectivity index (χ4v) is 2.69. The summed E-state index contributed by atoms with van der Waals surface area (Å²) >= 11 is 0. The van der Waals surface area contributed by atoms with Crippen molar-refractivity contribution in [2.45, 2.75) is 6.54 Å². The van der Waals surface area contributed by atoms with Crippen molar-refractivity contribution in [1.29, 1.82) is 0 Å². The second-order valence-electron chi connectivity index (χ2n) is 5.00. The Hall–Kier alpha value is -2.93. The van der Waals surface area contributed by atoms with E-state index in [1.807, 2.05) is 30.5 Å². The Morgan fingerprint density at radius 1 is 1.18 bits per heavy atom. The lowest BCUT2D eigenvalue weighted by Crippen LogP contribution is -2.04. The molecule has 4 aromatic rings. The van der Waals surface area contributed by atoms with E-state index in [2.05, 4.69) is 15.2 Å². The number of benzene rings is 1. The van der Waals surface area contributed by atoms with E-state index in [1.165, 1.54) is 0 Å². The summed E-state index contributed by atoms with van der Waals surface area (Å²) in [7, 11) is 0. The van der Waals surface area contributed by atoms with Gasteiger partial charge in [0.15, 0.2) is 0 Å². The molecule has 0 fully saturated rings. The van der Waals surface area contributed by atoms with Crippen LogP contribution in [0.3, 0.4) is 0 Å². The molecule has 0 amide bonds. The van der Waals surface area contributed by atoms with Crippen LogP contribution in [-0.2, 0) is 6.54 Å². The van der Waals surface area contributed by atoms with Crippen molar-refractivity contribution in [1.82, 2.24) is 24.5 Å². The maximum Gasteiger partial charge on any atom is 0.135 e. The van der Waals surface area contributed by atoms with E-state index in [9.17, 15) is 5.11 Å². The SMILES string of the molecule is Nc1nc2cc(-n3cccn3)ccc2c2c1cnn2CCO. The van der Waals surface area contributed by atoms with Crippen LogP contribution in [0.1, 0.15) is 0 Å². The van der Waals surface area contributed by atoms with Crippen LogP contribution in [0.4, 0.5) is 5.82 Å². The van der Waals surface area contributed by atoms with Crippen LogP contribution >= 0.6 is 0 Å². The van der Waals surface area contributed by atoms with Crippen molar-refractivity contribution in [3.63, 3.8) is 0 Å². The minimum atomic E-state index is 0.0197. The van der Waals surface area contributed by atoms with Crippen LogP contribution in [0.15, 0.2) is 42.9 Å². The standard InChI is InChI=1S/C15H14N6O/c16-15-12-9-18-21(6-7-22)14(12)11-3-2-10(8-13(11)19-15)20-5-1-4-17-20/h1-5,8-9,22H,6-7H2,(H2,16,19). The van der Waals surface area contributed by atoms with E-state index in [0.717, 1.165) is 27.5 Å². The number of nitrogen functional groups attached to an aromatic ring is 1. The zero-order chi connectivity index (χ0) is 15.1. The molecule has 22 heavy (non-hydrogen) atoms. The van der Waals surface area contributed by atoms with Crippen LogP contribution in [0, 0.1) is 0 Å². The van der Waals surface area contributed by atoms with Crippen molar-refractivity contribution in [3.8, 4) is 5.69 Å². The van der Waals surface area contributed by atoms with Gasteiger partial charge < -0.3 is 10.8 Å². The molecule has 0 saturated heterocycles. The minimum Gasteiger partial charge on any atom is -0.394 e. The largest absolute Gasteiger partial charge is 0.394 e. The maximum atomic E-state index is 9.19. The first kappa shape index (κ1) is 12.8. The van der Waals surface area contributed by atoms with Crippen molar-refractivity contribution >= 4 is 27.6 Å².